The Kier molecular flexibility index (Phi) is 17.3. The van der Waals surface area contributed by atoms with Gasteiger partial charge in [0.1, 0.15) is 0 Å². The highest BCUT2D eigenvalue weighted by Crippen LogP contribution is 2.10. The first-order valence-electron chi connectivity index (χ1n) is 6.82. The van der Waals surface area contributed by atoms with Crippen molar-refractivity contribution in [2.75, 3.05) is 6.54 Å². The maximum Gasteiger partial charge on any atom is 0.185 e. The Morgan fingerprint density at radius 1 is 0.765 bits per heavy atom. The van der Waals surface area contributed by atoms with E-state index in [0.717, 1.165) is 13.0 Å². The molecule has 0 rings (SSSR count). The maximum absolute atomic E-state index is 5.24. The van der Waals surface area contributed by atoms with Crippen LogP contribution in [0.25, 0.3) is 0 Å². The normalized spacial score (nSPS) is 9.71. The van der Waals surface area contributed by atoms with Crippen LogP contribution in [0.5, 0.6) is 0 Å². The van der Waals surface area contributed by atoms with Gasteiger partial charge in [0, 0.05) is 6.54 Å². The largest absolute Gasteiger partial charge is 1.00 e. The molecule has 0 aliphatic carbocycles. The molecule has 0 aromatic heterocycles. The molecule has 0 fully saturated rings. The highest BCUT2D eigenvalue weighted by atomic mass is 35.5. The van der Waals surface area contributed by atoms with Gasteiger partial charge in [-0.3, -0.25) is 4.99 Å². The second kappa shape index (κ2) is 15.6. The molecule has 0 saturated heterocycles. The molecule has 0 spiro atoms. The smallest absolute Gasteiger partial charge is 0.185 e. The number of hydrogen-bond acceptors (Lipinski definition) is 1. The third kappa shape index (κ3) is 18.1. The van der Waals surface area contributed by atoms with E-state index in [1.807, 2.05) is 0 Å². The topological polar surface area (TPSA) is 64.4 Å². The standard InChI is InChI=1S/C13H29N3.ClH/c1-2-3-4-5-6-7-8-9-10-11-12-16-13(14)15;/h2-12H2,1H3,(H4,14,15,16);1H/p-1. The number of guanidine groups is 1. The highest BCUT2D eigenvalue weighted by molar-refractivity contribution is 5.75. The van der Waals surface area contributed by atoms with Crippen molar-refractivity contribution in [2.45, 2.75) is 71.1 Å². The zero-order chi connectivity index (χ0) is 12.1. The van der Waals surface area contributed by atoms with Gasteiger partial charge in [-0.1, -0.05) is 64.7 Å². The summed E-state index contributed by atoms with van der Waals surface area (Å²) in [6.45, 7) is 3.05. The van der Waals surface area contributed by atoms with Crippen LogP contribution < -0.4 is 23.9 Å². The lowest BCUT2D eigenvalue weighted by Crippen LogP contribution is -3.00. The molecule has 4 N–H and O–H groups in total. The number of nitrogens with zero attached hydrogens (tertiary/aromatic N) is 1. The van der Waals surface area contributed by atoms with Crippen molar-refractivity contribution in [3.05, 3.63) is 0 Å². The lowest BCUT2D eigenvalue weighted by Gasteiger charge is -2.01. The Balaban J connectivity index is 0. The van der Waals surface area contributed by atoms with Crippen LogP contribution in [0.15, 0.2) is 4.99 Å². The van der Waals surface area contributed by atoms with Gasteiger partial charge in [-0.2, -0.15) is 0 Å². The summed E-state index contributed by atoms with van der Waals surface area (Å²) in [4.78, 5) is 3.96. The van der Waals surface area contributed by atoms with Crippen LogP contribution in [-0.4, -0.2) is 12.5 Å². The number of rotatable bonds is 11. The van der Waals surface area contributed by atoms with Gasteiger partial charge in [0.25, 0.3) is 0 Å². The summed E-state index contributed by atoms with van der Waals surface area (Å²) in [5.74, 6) is 0.218. The predicted molar refractivity (Wildman–Crippen MR) is 72.5 cm³/mol. The molecule has 0 aliphatic rings. The number of nitrogens with two attached hydrogens (primary N) is 2. The average molecular weight is 263 g/mol. The van der Waals surface area contributed by atoms with Crippen LogP contribution in [-0.2, 0) is 0 Å². The van der Waals surface area contributed by atoms with Crippen molar-refractivity contribution in [3.63, 3.8) is 0 Å². The lowest BCUT2D eigenvalue weighted by molar-refractivity contribution is -0.00000391. The zero-order valence-corrected chi connectivity index (χ0v) is 12.0. The van der Waals surface area contributed by atoms with E-state index in [2.05, 4.69) is 11.9 Å². The fraction of sp³-hybridized carbons (Fsp3) is 0.923. The van der Waals surface area contributed by atoms with E-state index in [-0.39, 0.29) is 18.4 Å². The monoisotopic (exact) mass is 262 g/mol. The van der Waals surface area contributed by atoms with E-state index in [4.69, 9.17) is 11.5 Å². The van der Waals surface area contributed by atoms with Crippen molar-refractivity contribution in [2.24, 2.45) is 16.5 Å². The molecule has 0 saturated carbocycles. The van der Waals surface area contributed by atoms with Crippen LogP contribution in [0.3, 0.4) is 0 Å². The molecule has 0 aliphatic heterocycles. The Bertz CT molecular complexity index is 168. The molecule has 0 unspecified atom stereocenters. The molecular weight excluding hydrogens is 234 g/mol. The number of hydrogen-bond donors (Lipinski definition) is 2. The summed E-state index contributed by atoms with van der Waals surface area (Å²) < 4.78 is 0. The molecule has 0 aromatic rings. The highest BCUT2D eigenvalue weighted by Gasteiger charge is 1.92. The van der Waals surface area contributed by atoms with Crippen LogP contribution in [0.4, 0.5) is 0 Å². The summed E-state index contributed by atoms with van der Waals surface area (Å²) in [6, 6.07) is 0. The minimum atomic E-state index is 0. The van der Waals surface area contributed by atoms with Crippen molar-refractivity contribution >= 4 is 5.96 Å². The summed E-state index contributed by atoms with van der Waals surface area (Å²) >= 11 is 0. The first kappa shape index (κ1) is 18.9. The predicted octanol–water partition coefficient (Wildman–Crippen LogP) is 0.185. The minimum Gasteiger partial charge on any atom is -1.00 e. The quantitative estimate of drug-likeness (QED) is 0.317. The molecule has 0 atom stereocenters. The lowest BCUT2D eigenvalue weighted by atomic mass is 10.1. The molecular formula is C13H29ClN3-. The van der Waals surface area contributed by atoms with Crippen molar-refractivity contribution in [1.29, 1.82) is 0 Å². The van der Waals surface area contributed by atoms with Gasteiger partial charge in [0.05, 0.1) is 0 Å². The van der Waals surface area contributed by atoms with Gasteiger partial charge in [0.2, 0.25) is 0 Å². The van der Waals surface area contributed by atoms with Gasteiger partial charge in [-0.15, -0.1) is 0 Å². The van der Waals surface area contributed by atoms with Crippen LogP contribution >= 0.6 is 0 Å². The molecule has 0 aromatic carbocycles. The Morgan fingerprint density at radius 2 is 1.18 bits per heavy atom. The summed E-state index contributed by atoms with van der Waals surface area (Å²) in [7, 11) is 0. The van der Waals surface area contributed by atoms with Crippen LogP contribution in [0, 0.1) is 0 Å². The molecule has 0 bridgehead atoms. The Labute approximate surface area is 113 Å². The van der Waals surface area contributed by atoms with Crippen molar-refractivity contribution in [1.82, 2.24) is 0 Å². The van der Waals surface area contributed by atoms with Gasteiger partial charge in [-0.05, 0) is 6.42 Å². The third-order valence-corrected chi connectivity index (χ3v) is 2.81. The number of unbranched alkanes of at least 4 members (excludes halogenated alkanes) is 9. The summed E-state index contributed by atoms with van der Waals surface area (Å²) in [5.41, 5.74) is 10.5. The molecule has 17 heavy (non-hydrogen) atoms. The van der Waals surface area contributed by atoms with E-state index in [1.165, 1.54) is 57.8 Å². The first-order valence-corrected chi connectivity index (χ1v) is 6.82. The van der Waals surface area contributed by atoms with E-state index in [0.29, 0.717) is 0 Å². The molecule has 0 heterocycles. The maximum atomic E-state index is 5.24. The van der Waals surface area contributed by atoms with Gasteiger partial charge in [-0.25, -0.2) is 0 Å². The van der Waals surface area contributed by atoms with E-state index in [9.17, 15) is 0 Å². The van der Waals surface area contributed by atoms with Gasteiger partial charge >= 0.3 is 0 Å². The number of aliphatic imine (C=N–C) groups is 1. The van der Waals surface area contributed by atoms with Crippen LogP contribution in [0.1, 0.15) is 71.1 Å². The number of halogens is 1. The second-order valence-corrected chi connectivity index (χ2v) is 4.49. The molecule has 104 valence electrons. The van der Waals surface area contributed by atoms with E-state index in [1.54, 1.807) is 0 Å². The van der Waals surface area contributed by atoms with Crippen molar-refractivity contribution < 1.29 is 12.4 Å². The van der Waals surface area contributed by atoms with Gasteiger partial charge < -0.3 is 23.9 Å². The minimum absolute atomic E-state index is 0. The Morgan fingerprint density at radius 3 is 1.59 bits per heavy atom. The van der Waals surface area contributed by atoms with E-state index < -0.39 is 0 Å². The third-order valence-electron chi connectivity index (χ3n) is 2.81. The SMILES string of the molecule is CCCCCCCCCCCCN=C(N)N.[Cl-]. The second-order valence-electron chi connectivity index (χ2n) is 4.49. The molecule has 0 radical (unpaired) electrons. The fourth-order valence-corrected chi connectivity index (χ4v) is 1.81. The van der Waals surface area contributed by atoms with E-state index >= 15 is 0 Å². The molecule has 0 amide bonds. The fourth-order valence-electron chi connectivity index (χ4n) is 1.81. The van der Waals surface area contributed by atoms with Crippen molar-refractivity contribution in [3.8, 4) is 0 Å². The zero-order valence-electron chi connectivity index (χ0n) is 11.3. The first-order chi connectivity index (χ1) is 7.77. The molecule has 4 heteroatoms. The van der Waals surface area contributed by atoms with Gasteiger partial charge in [0.15, 0.2) is 5.96 Å². The Hall–Kier alpha value is -0.440. The summed E-state index contributed by atoms with van der Waals surface area (Å²) in [5, 5.41) is 0. The molecule has 3 nitrogen and oxygen atoms in total. The average Bonchev–Trinajstić information content (AvgIpc) is 2.25. The van der Waals surface area contributed by atoms with Crippen LogP contribution in [0.2, 0.25) is 0 Å². The summed E-state index contributed by atoms with van der Waals surface area (Å²) in [6.07, 6.45) is 13.5.